The number of benzene rings is 2. The number of carboxylic acids is 1. The van der Waals surface area contributed by atoms with E-state index in [4.69, 9.17) is 14.6 Å². The van der Waals surface area contributed by atoms with Gasteiger partial charge in [-0.05, 0) is 78.8 Å². The van der Waals surface area contributed by atoms with Crippen molar-refractivity contribution in [2.75, 3.05) is 14.2 Å². The molecule has 0 saturated carbocycles. The number of aliphatic hydroxyl groups is 1. The van der Waals surface area contributed by atoms with Gasteiger partial charge in [0.05, 0.1) is 26.7 Å². The van der Waals surface area contributed by atoms with Crippen molar-refractivity contribution in [3.05, 3.63) is 81.0 Å². The molecule has 0 aliphatic heterocycles. The number of aliphatic hydroxyl groups excluding tert-OH is 1. The summed E-state index contributed by atoms with van der Waals surface area (Å²) in [4.78, 5) is 12.3. The molecule has 2 N–H and O–H groups in total. The number of hydrogen-bond donors (Lipinski definition) is 2. The summed E-state index contributed by atoms with van der Waals surface area (Å²) in [5.41, 5.74) is 3.53. The first kappa shape index (κ1) is 24.8. The number of carbonyl (C=O) groups is 1. The van der Waals surface area contributed by atoms with E-state index in [2.05, 4.69) is 17.5 Å². The predicted octanol–water partition coefficient (Wildman–Crippen LogP) is 5.62. The van der Waals surface area contributed by atoms with E-state index < -0.39 is 12.1 Å². The lowest BCUT2D eigenvalue weighted by Gasteiger charge is -2.25. The van der Waals surface area contributed by atoms with Gasteiger partial charge in [-0.1, -0.05) is 30.3 Å². The first-order valence-corrected chi connectivity index (χ1v) is 12.0. The third-order valence-electron chi connectivity index (χ3n) is 6.02. The van der Waals surface area contributed by atoms with Crippen LogP contribution in [0.15, 0.2) is 53.9 Å². The van der Waals surface area contributed by atoms with E-state index in [1.54, 1.807) is 25.6 Å². The van der Waals surface area contributed by atoms with E-state index in [1.165, 1.54) is 4.88 Å². The Bertz CT molecular complexity index is 1000. The van der Waals surface area contributed by atoms with Gasteiger partial charge in [0, 0.05) is 10.4 Å². The van der Waals surface area contributed by atoms with Crippen molar-refractivity contribution in [3.8, 4) is 11.5 Å². The van der Waals surface area contributed by atoms with Gasteiger partial charge in [-0.15, -0.1) is 11.3 Å². The Kier molecular flexibility index (Phi) is 8.92. The molecule has 6 heteroatoms. The average molecular weight is 469 g/mol. The molecular formula is C27H32O5S. The maximum Gasteiger partial charge on any atom is 0.307 e. The highest BCUT2D eigenvalue weighted by atomic mass is 32.1. The van der Waals surface area contributed by atoms with Gasteiger partial charge in [-0.25, -0.2) is 0 Å². The van der Waals surface area contributed by atoms with E-state index in [-0.39, 0.29) is 12.3 Å². The highest BCUT2D eigenvalue weighted by molar-refractivity contribution is 7.09. The lowest BCUT2D eigenvalue weighted by Crippen LogP contribution is -2.16. The molecular weight excluding hydrogens is 436 g/mol. The summed E-state index contributed by atoms with van der Waals surface area (Å²) in [6.07, 6.45) is 2.83. The Morgan fingerprint density at radius 3 is 2.21 bits per heavy atom. The molecule has 0 saturated heterocycles. The van der Waals surface area contributed by atoms with Gasteiger partial charge >= 0.3 is 5.97 Å². The van der Waals surface area contributed by atoms with Crippen LogP contribution in [0.4, 0.5) is 0 Å². The second kappa shape index (κ2) is 11.9. The van der Waals surface area contributed by atoms with Gasteiger partial charge < -0.3 is 19.7 Å². The van der Waals surface area contributed by atoms with Crippen LogP contribution < -0.4 is 9.47 Å². The van der Waals surface area contributed by atoms with Crippen LogP contribution >= 0.6 is 11.3 Å². The molecule has 0 radical (unpaired) electrons. The Balaban J connectivity index is 1.81. The second-order valence-corrected chi connectivity index (χ2v) is 9.35. The maximum absolute atomic E-state index is 11.4. The van der Waals surface area contributed by atoms with Crippen molar-refractivity contribution in [3.63, 3.8) is 0 Å². The van der Waals surface area contributed by atoms with Crippen LogP contribution in [0.25, 0.3) is 0 Å². The van der Waals surface area contributed by atoms with Crippen molar-refractivity contribution >= 4 is 17.3 Å². The van der Waals surface area contributed by atoms with Gasteiger partial charge in [-0.2, -0.15) is 0 Å². The van der Waals surface area contributed by atoms with E-state index in [1.807, 2.05) is 43.3 Å². The van der Waals surface area contributed by atoms with Crippen LogP contribution in [0.3, 0.4) is 0 Å². The number of ether oxygens (including phenoxy) is 2. The van der Waals surface area contributed by atoms with E-state index in [9.17, 15) is 9.90 Å². The number of methoxy groups -OCH3 is 2. The normalized spacial score (nSPS) is 12.8. The number of carboxylic acid groups (broad SMARTS) is 1. The molecule has 5 nitrogen and oxygen atoms in total. The topological polar surface area (TPSA) is 76.0 Å². The fraction of sp³-hybridized carbons (Fsp3) is 0.370. The summed E-state index contributed by atoms with van der Waals surface area (Å²) in [5.74, 6) is 0.539. The van der Waals surface area contributed by atoms with Gasteiger partial charge in [0.1, 0.15) is 11.5 Å². The Morgan fingerprint density at radius 2 is 1.67 bits per heavy atom. The fourth-order valence-corrected chi connectivity index (χ4v) is 4.94. The maximum atomic E-state index is 11.4. The molecule has 0 spiro atoms. The van der Waals surface area contributed by atoms with Crippen molar-refractivity contribution in [1.29, 1.82) is 0 Å². The first-order chi connectivity index (χ1) is 15.9. The quantitative estimate of drug-likeness (QED) is 0.361. The molecule has 176 valence electrons. The second-order valence-electron chi connectivity index (χ2n) is 8.32. The summed E-state index contributed by atoms with van der Waals surface area (Å²) in [6, 6.07) is 15.6. The Morgan fingerprint density at radius 1 is 1.03 bits per heavy atom. The summed E-state index contributed by atoms with van der Waals surface area (Å²) >= 11 is 1.76. The van der Waals surface area contributed by atoms with Crippen LogP contribution in [0.1, 0.15) is 46.1 Å². The zero-order valence-corrected chi connectivity index (χ0v) is 20.2. The minimum Gasteiger partial charge on any atom is -0.496 e. The molecule has 3 rings (SSSR count). The van der Waals surface area contributed by atoms with Crippen molar-refractivity contribution in [2.45, 2.75) is 45.1 Å². The standard InChI is InChI=1S/C27H32O5S/c1-18-24(31-2)16-22(17-25(18)32-3)27(30)21(6-4-7-23-8-5-13-33-23)14-19-9-11-20(12-10-19)15-26(28)29/h5,8-13,16-17,21,27,30H,4,6-7,14-15H2,1-3H3,(H,28,29)/t21-,27?/m1/s1. The number of rotatable bonds is 12. The highest BCUT2D eigenvalue weighted by Crippen LogP contribution is 2.36. The largest absolute Gasteiger partial charge is 0.496 e. The fourth-order valence-electron chi connectivity index (χ4n) is 4.18. The Hall–Kier alpha value is -2.83. The average Bonchev–Trinajstić information content (AvgIpc) is 3.32. The molecule has 2 atom stereocenters. The first-order valence-electron chi connectivity index (χ1n) is 11.1. The van der Waals surface area contributed by atoms with E-state index in [0.717, 1.165) is 41.5 Å². The lowest BCUT2D eigenvalue weighted by molar-refractivity contribution is -0.136. The van der Waals surface area contributed by atoms with Crippen LogP contribution in [0.2, 0.25) is 0 Å². The molecule has 0 fully saturated rings. The molecule has 2 aromatic carbocycles. The molecule has 0 bridgehead atoms. The van der Waals surface area contributed by atoms with Crippen molar-refractivity contribution < 1.29 is 24.5 Å². The van der Waals surface area contributed by atoms with Crippen LogP contribution in [-0.2, 0) is 24.1 Å². The minimum absolute atomic E-state index is 0.00703. The monoisotopic (exact) mass is 468 g/mol. The van der Waals surface area contributed by atoms with E-state index >= 15 is 0 Å². The third kappa shape index (κ3) is 6.83. The third-order valence-corrected chi connectivity index (χ3v) is 6.95. The molecule has 0 amide bonds. The number of aliphatic carboxylic acids is 1. The SMILES string of the molecule is COc1cc(C(O)[C@H](CCCc2cccs2)Cc2ccc(CC(=O)O)cc2)cc(OC)c1C. The van der Waals surface area contributed by atoms with Crippen molar-refractivity contribution in [2.24, 2.45) is 5.92 Å². The van der Waals surface area contributed by atoms with Gasteiger partial charge in [0.2, 0.25) is 0 Å². The summed E-state index contributed by atoms with van der Waals surface area (Å²) in [7, 11) is 3.24. The molecule has 33 heavy (non-hydrogen) atoms. The molecule has 3 aromatic rings. The Labute approximate surface area is 199 Å². The van der Waals surface area contributed by atoms with Crippen LogP contribution in [0, 0.1) is 12.8 Å². The van der Waals surface area contributed by atoms with Gasteiger partial charge in [0.25, 0.3) is 0 Å². The zero-order valence-electron chi connectivity index (χ0n) is 19.4. The number of thiophene rings is 1. The highest BCUT2D eigenvalue weighted by Gasteiger charge is 2.24. The minimum atomic E-state index is -0.841. The lowest BCUT2D eigenvalue weighted by atomic mass is 9.85. The van der Waals surface area contributed by atoms with Crippen LogP contribution in [0.5, 0.6) is 11.5 Å². The van der Waals surface area contributed by atoms with Gasteiger partial charge in [0.15, 0.2) is 0 Å². The predicted molar refractivity (Wildman–Crippen MR) is 131 cm³/mol. The number of hydrogen-bond acceptors (Lipinski definition) is 5. The molecule has 1 aromatic heterocycles. The summed E-state index contributed by atoms with van der Waals surface area (Å²) in [6.45, 7) is 1.94. The van der Waals surface area contributed by atoms with Crippen LogP contribution in [-0.4, -0.2) is 30.4 Å². The van der Waals surface area contributed by atoms with Gasteiger partial charge in [-0.3, -0.25) is 4.79 Å². The zero-order chi connectivity index (χ0) is 23.8. The molecule has 1 unspecified atom stereocenters. The summed E-state index contributed by atoms with van der Waals surface area (Å²) < 4.78 is 11.0. The summed E-state index contributed by atoms with van der Waals surface area (Å²) in [5, 5.41) is 22.5. The molecule has 0 aliphatic carbocycles. The van der Waals surface area contributed by atoms with Crippen molar-refractivity contribution in [1.82, 2.24) is 0 Å². The molecule has 0 aliphatic rings. The van der Waals surface area contributed by atoms with E-state index in [0.29, 0.717) is 17.9 Å². The molecule has 1 heterocycles. The smallest absolute Gasteiger partial charge is 0.307 e. The number of aryl methyl sites for hydroxylation is 1.